The van der Waals surface area contributed by atoms with Gasteiger partial charge in [-0.3, -0.25) is 0 Å². The van der Waals surface area contributed by atoms with Crippen LogP contribution < -0.4 is 10.6 Å². The lowest BCUT2D eigenvalue weighted by molar-refractivity contribution is 0.136. The van der Waals surface area contributed by atoms with Crippen LogP contribution in [0.3, 0.4) is 0 Å². The first-order chi connectivity index (χ1) is 11.2. The van der Waals surface area contributed by atoms with Crippen molar-refractivity contribution in [3.63, 3.8) is 0 Å². The normalized spacial score (nSPS) is 16.7. The average Bonchev–Trinajstić information content (AvgIpc) is 2.73. The number of para-hydroxylation sites is 1. The molecule has 2 aromatic carbocycles. The Kier molecular flexibility index (Phi) is 4.62. The van der Waals surface area contributed by atoms with E-state index in [0.29, 0.717) is 0 Å². The number of aryl methyl sites for hydroxylation is 1. The minimum Gasteiger partial charge on any atom is -0.445 e. The third-order valence-electron chi connectivity index (χ3n) is 3.94. The van der Waals surface area contributed by atoms with Crippen LogP contribution in [-0.2, 0) is 17.8 Å². The third-order valence-corrected chi connectivity index (χ3v) is 3.94. The fraction of sp³-hybridized carbons (Fsp3) is 0.211. The molecule has 2 N–H and O–H groups in total. The molecule has 1 amide bonds. The Hall–Kier alpha value is -2.75. The summed E-state index contributed by atoms with van der Waals surface area (Å²) in [6, 6.07) is 17.6. The molecule has 1 aliphatic rings. The molecule has 23 heavy (non-hydrogen) atoms. The summed E-state index contributed by atoms with van der Waals surface area (Å²) in [6.45, 7) is 4.31. The van der Waals surface area contributed by atoms with Gasteiger partial charge >= 0.3 is 6.09 Å². The van der Waals surface area contributed by atoms with E-state index in [1.54, 1.807) is 0 Å². The molecular formula is C19H20N2O2. The summed E-state index contributed by atoms with van der Waals surface area (Å²) < 4.78 is 5.28. The monoisotopic (exact) mass is 308 g/mol. The van der Waals surface area contributed by atoms with Crippen LogP contribution >= 0.6 is 0 Å². The van der Waals surface area contributed by atoms with Crippen molar-refractivity contribution in [2.45, 2.75) is 25.5 Å². The number of amides is 1. The number of fused-ring (bicyclic) bond motifs is 1. The molecule has 4 heteroatoms. The maximum absolute atomic E-state index is 12.0. The molecule has 2 aromatic rings. The highest BCUT2D eigenvalue weighted by atomic mass is 16.5. The van der Waals surface area contributed by atoms with Crippen molar-refractivity contribution in [1.29, 1.82) is 0 Å². The fourth-order valence-corrected chi connectivity index (χ4v) is 2.66. The summed E-state index contributed by atoms with van der Waals surface area (Å²) in [7, 11) is 0. The third kappa shape index (κ3) is 3.92. The van der Waals surface area contributed by atoms with Gasteiger partial charge in [0, 0.05) is 11.4 Å². The first-order valence-corrected chi connectivity index (χ1v) is 7.73. The molecule has 1 atom stereocenters. The van der Waals surface area contributed by atoms with Crippen LogP contribution in [0.5, 0.6) is 0 Å². The van der Waals surface area contributed by atoms with E-state index in [0.717, 1.165) is 29.8 Å². The van der Waals surface area contributed by atoms with Gasteiger partial charge in [-0.05, 0) is 30.0 Å². The van der Waals surface area contributed by atoms with Crippen molar-refractivity contribution < 1.29 is 9.53 Å². The highest BCUT2D eigenvalue weighted by Crippen LogP contribution is 2.24. The number of anilines is 1. The summed E-state index contributed by atoms with van der Waals surface area (Å²) in [5.41, 5.74) is 4.04. The van der Waals surface area contributed by atoms with E-state index in [4.69, 9.17) is 4.74 Å². The summed E-state index contributed by atoms with van der Waals surface area (Å²) >= 11 is 0. The van der Waals surface area contributed by atoms with E-state index in [-0.39, 0.29) is 12.6 Å². The van der Waals surface area contributed by atoms with Gasteiger partial charge in [-0.25, -0.2) is 4.79 Å². The van der Waals surface area contributed by atoms with Gasteiger partial charge < -0.3 is 15.4 Å². The second kappa shape index (κ2) is 7.01. The number of rotatable bonds is 3. The molecule has 4 nitrogen and oxygen atoms in total. The van der Waals surface area contributed by atoms with E-state index < -0.39 is 6.09 Å². The van der Waals surface area contributed by atoms with Crippen LogP contribution in [0.15, 0.2) is 66.9 Å². The molecule has 118 valence electrons. The van der Waals surface area contributed by atoms with Gasteiger partial charge in [-0.1, -0.05) is 55.1 Å². The van der Waals surface area contributed by atoms with E-state index in [1.165, 1.54) is 5.56 Å². The van der Waals surface area contributed by atoms with Crippen LogP contribution in [0.4, 0.5) is 10.5 Å². The quantitative estimate of drug-likeness (QED) is 0.905. The van der Waals surface area contributed by atoms with Crippen molar-refractivity contribution in [1.82, 2.24) is 5.32 Å². The maximum atomic E-state index is 12.0. The Balaban J connectivity index is 1.56. The molecule has 0 saturated carbocycles. The zero-order chi connectivity index (χ0) is 16.1. The molecule has 0 saturated heterocycles. The Morgan fingerprint density at radius 2 is 1.91 bits per heavy atom. The van der Waals surface area contributed by atoms with Crippen molar-refractivity contribution >= 4 is 11.8 Å². The topological polar surface area (TPSA) is 50.4 Å². The molecule has 0 radical (unpaired) electrons. The van der Waals surface area contributed by atoms with Crippen molar-refractivity contribution in [3.05, 3.63) is 78.0 Å². The smallest absolute Gasteiger partial charge is 0.408 e. The molecule has 1 aliphatic heterocycles. The first kappa shape index (κ1) is 15.2. The van der Waals surface area contributed by atoms with Crippen molar-refractivity contribution in [2.75, 3.05) is 5.32 Å². The van der Waals surface area contributed by atoms with Crippen molar-refractivity contribution in [2.24, 2.45) is 0 Å². The number of alkyl carbamates (subject to hydrolysis) is 1. The number of hydrogen-bond acceptors (Lipinski definition) is 3. The van der Waals surface area contributed by atoms with E-state index >= 15 is 0 Å². The zero-order valence-corrected chi connectivity index (χ0v) is 12.9. The Labute approximate surface area is 136 Å². The van der Waals surface area contributed by atoms with Gasteiger partial charge in [-0.15, -0.1) is 0 Å². The summed E-state index contributed by atoms with van der Waals surface area (Å²) in [5, 5.41) is 6.18. The minimum atomic E-state index is -0.423. The highest BCUT2D eigenvalue weighted by Gasteiger charge is 2.21. The summed E-state index contributed by atoms with van der Waals surface area (Å²) in [4.78, 5) is 12.0. The number of nitrogens with one attached hydrogen (secondary N) is 2. The Morgan fingerprint density at radius 1 is 1.17 bits per heavy atom. The van der Waals surface area contributed by atoms with Crippen LogP contribution in [0, 0.1) is 0 Å². The Morgan fingerprint density at radius 3 is 2.74 bits per heavy atom. The van der Waals surface area contributed by atoms with E-state index in [2.05, 4.69) is 23.3 Å². The maximum Gasteiger partial charge on any atom is 0.408 e. The number of carbonyl (C=O) groups is 1. The molecule has 0 aromatic heterocycles. The molecule has 1 heterocycles. The summed E-state index contributed by atoms with van der Waals surface area (Å²) in [5.74, 6) is 0. The lowest BCUT2D eigenvalue weighted by Gasteiger charge is -2.19. The number of carbonyl (C=O) groups excluding carboxylic acids is 1. The molecule has 0 bridgehead atoms. The van der Waals surface area contributed by atoms with E-state index in [9.17, 15) is 4.79 Å². The predicted molar refractivity (Wildman–Crippen MR) is 91.1 cm³/mol. The van der Waals surface area contributed by atoms with Crippen LogP contribution in [0.25, 0.3) is 0 Å². The van der Waals surface area contributed by atoms with Crippen molar-refractivity contribution in [3.8, 4) is 0 Å². The number of hydrogen-bond donors (Lipinski definition) is 2. The molecule has 0 unspecified atom stereocenters. The lowest BCUT2D eigenvalue weighted by atomic mass is 10.1. The van der Waals surface area contributed by atoms with Crippen LogP contribution in [-0.4, -0.2) is 12.1 Å². The van der Waals surface area contributed by atoms with Crippen LogP contribution in [0.2, 0.25) is 0 Å². The van der Waals surface area contributed by atoms with Gasteiger partial charge in [0.2, 0.25) is 0 Å². The number of ether oxygens (including phenoxy) is 1. The molecule has 0 fully saturated rings. The van der Waals surface area contributed by atoms with Gasteiger partial charge in [0.15, 0.2) is 0 Å². The minimum absolute atomic E-state index is 0.148. The second-order valence-electron chi connectivity index (χ2n) is 5.60. The standard InChI is InChI=1S/C19H20N2O2/c1-14-17(12-11-16-9-5-6-10-18(16)20-14)21-19(22)23-13-15-7-3-2-4-8-15/h2-10,17,20H,1,11-13H2,(H,21,22)/t17-/m1/s1. The highest BCUT2D eigenvalue weighted by molar-refractivity contribution is 5.69. The van der Waals surface area contributed by atoms with Gasteiger partial charge in [0.1, 0.15) is 6.61 Å². The number of benzene rings is 2. The average molecular weight is 308 g/mol. The van der Waals surface area contributed by atoms with E-state index in [1.807, 2.05) is 48.5 Å². The largest absolute Gasteiger partial charge is 0.445 e. The Bertz CT molecular complexity index is 698. The SMILES string of the molecule is C=C1Nc2ccccc2CC[C@H]1NC(=O)OCc1ccccc1. The molecule has 0 aliphatic carbocycles. The molecule has 3 rings (SSSR count). The van der Waals surface area contributed by atoms with Gasteiger partial charge in [0.05, 0.1) is 6.04 Å². The van der Waals surface area contributed by atoms with Gasteiger partial charge in [-0.2, -0.15) is 0 Å². The van der Waals surface area contributed by atoms with Gasteiger partial charge in [0.25, 0.3) is 0 Å². The molecule has 0 spiro atoms. The fourth-order valence-electron chi connectivity index (χ4n) is 2.66. The zero-order valence-electron chi connectivity index (χ0n) is 12.9. The first-order valence-electron chi connectivity index (χ1n) is 7.73. The second-order valence-corrected chi connectivity index (χ2v) is 5.60. The molecular weight excluding hydrogens is 288 g/mol. The van der Waals surface area contributed by atoms with Crippen LogP contribution in [0.1, 0.15) is 17.5 Å². The summed E-state index contributed by atoms with van der Waals surface area (Å²) in [6.07, 6.45) is 1.25. The lowest BCUT2D eigenvalue weighted by Crippen LogP contribution is -2.37. The predicted octanol–water partition coefficient (Wildman–Crippen LogP) is 3.85.